The molecule has 0 aliphatic heterocycles. The zero-order valence-corrected chi connectivity index (χ0v) is 11.0. The number of hydrogen-bond acceptors (Lipinski definition) is 5. The minimum atomic E-state index is -1.01. The fraction of sp³-hybridized carbons (Fsp3) is 0.231. The highest BCUT2D eigenvalue weighted by molar-refractivity contribution is 5.96. The first-order valence-electron chi connectivity index (χ1n) is 6.01. The summed E-state index contributed by atoms with van der Waals surface area (Å²) in [5.41, 5.74) is 7.45. The first kappa shape index (κ1) is 13.9. The molecule has 0 aliphatic rings. The van der Waals surface area contributed by atoms with Crippen LogP contribution in [0.1, 0.15) is 10.4 Å². The zero-order chi connectivity index (χ0) is 14.5. The van der Waals surface area contributed by atoms with E-state index in [2.05, 4.69) is 10.4 Å². The van der Waals surface area contributed by atoms with E-state index in [9.17, 15) is 4.79 Å². The van der Waals surface area contributed by atoms with Crippen LogP contribution in [-0.4, -0.2) is 34.6 Å². The molecule has 7 heteroatoms. The number of anilines is 3. The first-order chi connectivity index (χ1) is 9.60. The molecule has 0 saturated heterocycles. The van der Waals surface area contributed by atoms with Crippen molar-refractivity contribution in [2.24, 2.45) is 0 Å². The Labute approximate surface area is 116 Å². The van der Waals surface area contributed by atoms with Crippen LogP contribution in [0.15, 0.2) is 30.6 Å². The topological polar surface area (TPSA) is 102 Å². The molecule has 0 amide bonds. The Morgan fingerprint density at radius 1 is 1.55 bits per heavy atom. The van der Waals surface area contributed by atoms with Gasteiger partial charge in [0.2, 0.25) is 0 Å². The number of nitrogen functional groups attached to an aromatic ring is 1. The molecule has 0 saturated carbocycles. The summed E-state index contributed by atoms with van der Waals surface area (Å²) < 4.78 is 6.67. The molecular formula is C13H16N4O3. The van der Waals surface area contributed by atoms with Crippen molar-refractivity contribution in [1.82, 2.24) is 9.78 Å². The average Bonchev–Trinajstić information content (AvgIpc) is 2.83. The second kappa shape index (κ2) is 6.07. The van der Waals surface area contributed by atoms with E-state index in [4.69, 9.17) is 15.6 Å². The number of nitrogens with zero attached hydrogens (tertiary/aromatic N) is 2. The SMILES string of the molecule is COCCn1cc(Nc2cc(N)ccc2C(=O)O)cn1. The third-order valence-electron chi connectivity index (χ3n) is 2.71. The Hall–Kier alpha value is -2.54. The molecule has 0 unspecified atom stereocenters. The smallest absolute Gasteiger partial charge is 0.337 e. The summed E-state index contributed by atoms with van der Waals surface area (Å²) in [7, 11) is 1.62. The van der Waals surface area contributed by atoms with E-state index in [1.165, 1.54) is 6.07 Å². The van der Waals surface area contributed by atoms with E-state index in [-0.39, 0.29) is 5.56 Å². The lowest BCUT2D eigenvalue weighted by molar-refractivity contribution is 0.0698. The van der Waals surface area contributed by atoms with Crippen molar-refractivity contribution < 1.29 is 14.6 Å². The molecule has 2 aromatic rings. The molecule has 4 N–H and O–H groups in total. The normalized spacial score (nSPS) is 10.4. The lowest BCUT2D eigenvalue weighted by Crippen LogP contribution is -2.04. The van der Waals surface area contributed by atoms with Crippen LogP contribution in [0.5, 0.6) is 0 Å². The minimum Gasteiger partial charge on any atom is -0.478 e. The van der Waals surface area contributed by atoms with Crippen molar-refractivity contribution in [2.45, 2.75) is 6.54 Å². The Morgan fingerprint density at radius 2 is 2.35 bits per heavy atom. The van der Waals surface area contributed by atoms with Crippen LogP contribution in [0, 0.1) is 0 Å². The number of methoxy groups -OCH3 is 1. The molecule has 0 atom stereocenters. The van der Waals surface area contributed by atoms with Gasteiger partial charge in [-0.05, 0) is 18.2 Å². The standard InChI is InChI=1S/C13H16N4O3/c1-20-5-4-17-8-10(7-15-17)16-12-6-9(14)2-3-11(12)13(18)19/h2-3,6-8,16H,4-5,14H2,1H3,(H,18,19). The maximum atomic E-state index is 11.2. The molecule has 1 aromatic carbocycles. The number of hydrogen-bond donors (Lipinski definition) is 3. The highest BCUT2D eigenvalue weighted by Gasteiger charge is 2.11. The van der Waals surface area contributed by atoms with Gasteiger partial charge in [0, 0.05) is 19.0 Å². The molecule has 0 aliphatic carbocycles. The highest BCUT2D eigenvalue weighted by atomic mass is 16.5. The fourth-order valence-electron chi connectivity index (χ4n) is 1.74. The van der Waals surface area contributed by atoms with Crippen molar-refractivity contribution in [1.29, 1.82) is 0 Å². The summed E-state index contributed by atoms with van der Waals surface area (Å²) in [5, 5.41) is 16.3. The van der Waals surface area contributed by atoms with Gasteiger partial charge in [0.15, 0.2) is 0 Å². The number of nitrogens with one attached hydrogen (secondary N) is 1. The highest BCUT2D eigenvalue weighted by Crippen LogP contribution is 2.23. The van der Waals surface area contributed by atoms with E-state index >= 15 is 0 Å². The third kappa shape index (κ3) is 3.27. The fourth-order valence-corrected chi connectivity index (χ4v) is 1.74. The predicted octanol–water partition coefficient (Wildman–Crippen LogP) is 1.55. The van der Waals surface area contributed by atoms with Crippen LogP contribution in [0.25, 0.3) is 0 Å². The number of ether oxygens (including phenoxy) is 1. The average molecular weight is 276 g/mol. The molecule has 0 radical (unpaired) electrons. The maximum absolute atomic E-state index is 11.2. The Kier molecular flexibility index (Phi) is 4.21. The van der Waals surface area contributed by atoms with Gasteiger partial charge in [-0.15, -0.1) is 0 Å². The van der Waals surface area contributed by atoms with Gasteiger partial charge in [-0.25, -0.2) is 4.79 Å². The van der Waals surface area contributed by atoms with Crippen LogP contribution in [0.4, 0.5) is 17.1 Å². The van der Waals surface area contributed by atoms with E-state index < -0.39 is 5.97 Å². The molecule has 2 rings (SSSR count). The van der Waals surface area contributed by atoms with Gasteiger partial charge < -0.3 is 20.9 Å². The number of aromatic nitrogens is 2. The summed E-state index contributed by atoms with van der Waals surface area (Å²) in [6, 6.07) is 4.60. The third-order valence-corrected chi connectivity index (χ3v) is 2.71. The minimum absolute atomic E-state index is 0.156. The molecule has 1 heterocycles. The molecule has 20 heavy (non-hydrogen) atoms. The van der Waals surface area contributed by atoms with Crippen molar-refractivity contribution in [2.75, 3.05) is 24.8 Å². The van der Waals surface area contributed by atoms with Gasteiger partial charge in [0.25, 0.3) is 0 Å². The van der Waals surface area contributed by atoms with E-state index in [0.29, 0.717) is 30.2 Å². The van der Waals surface area contributed by atoms with Crippen molar-refractivity contribution in [3.63, 3.8) is 0 Å². The molecule has 0 fully saturated rings. The van der Waals surface area contributed by atoms with Crippen molar-refractivity contribution >= 4 is 23.0 Å². The van der Waals surface area contributed by atoms with Crippen molar-refractivity contribution in [3.05, 3.63) is 36.2 Å². The molecule has 106 valence electrons. The van der Waals surface area contributed by atoms with Gasteiger partial charge in [-0.3, -0.25) is 4.68 Å². The summed E-state index contributed by atoms with van der Waals surface area (Å²) in [4.78, 5) is 11.2. The largest absolute Gasteiger partial charge is 0.478 e. The number of benzene rings is 1. The lowest BCUT2D eigenvalue weighted by atomic mass is 10.1. The van der Waals surface area contributed by atoms with E-state index in [1.807, 2.05) is 0 Å². The lowest BCUT2D eigenvalue weighted by Gasteiger charge is -2.08. The van der Waals surface area contributed by atoms with E-state index in [1.54, 1.807) is 36.3 Å². The number of carbonyl (C=O) groups is 1. The predicted molar refractivity (Wildman–Crippen MR) is 75.2 cm³/mol. The van der Waals surface area contributed by atoms with Crippen LogP contribution in [-0.2, 0) is 11.3 Å². The van der Waals surface area contributed by atoms with Crippen LogP contribution >= 0.6 is 0 Å². The van der Waals surface area contributed by atoms with Crippen molar-refractivity contribution in [3.8, 4) is 0 Å². The molecule has 0 spiro atoms. The number of carboxylic acids is 1. The Bertz CT molecular complexity index is 609. The summed E-state index contributed by atoms with van der Waals surface area (Å²) in [6.45, 7) is 1.18. The van der Waals surface area contributed by atoms with Gasteiger partial charge in [0.05, 0.1) is 36.3 Å². The molecule has 7 nitrogen and oxygen atoms in total. The number of aromatic carboxylic acids is 1. The second-order valence-electron chi connectivity index (χ2n) is 4.22. The van der Waals surface area contributed by atoms with E-state index in [0.717, 1.165) is 0 Å². The Balaban J connectivity index is 2.19. The van der Waals surface area contributed by atoms with Crippen LogP contribution in [0.3, 0.4) is 0 Å². The summed E-state index contributed by atoms with van der Waals surface area (Å²) in [5.74, 6) is -1.01. The van der Waals surface area contributed by atoms with Gasteiger partial charge in [0.1, 0.15) is 0 Å². The van der Waals surface area contributed by atoms with Crippen LogP contribution in [0.2, 0.25) is 0 Å². The first-order valence-corrected chi connectivity index (χ1v) is 6.01. The number of nitrogens with two attached hydrogens (primary N) is 1. The maximum Gasteiger partial charge on any atom is 0.337 e. The Morgan fingerprint density at radius 3 is 3.05 bits per heavy atom. The summed E-state index contributed by atoms with van der Waals surface area (Å²) >= 11 is 0. The quantitative estimate of drug-likeness (QED) is 0.692. The second-order valence-corrected chi connectivity index (χ2v) is 4.22. The molecule has 0 bridgehead atoms. The number of carboxylic acid groups (broad SMARTS) is 1. The molecule has 1 aromatic heterocycles. The molecular weight excluding hydrogens is 260 g/mol. The summed E-state index contributed by atoms with van der Waals surface area (Å²) in [6.07, 6.45) is 3.39. The monoisotopic (exact) mass is 276 g/mol. The van der Waals surface area contributed by atoms with Crippen LogP contribution < -0.4 is 11.1 Å². The van der Waals surface area contributed by atoms with Gasteiger partial charge >= 0.3 is 5.97 Å². The van der Waals surface area contributed by atoms with Gasteiger partial charge in [-0.1, -0.05) is 0 Å². The number of rotatable bonds is 6. The van der Waals surface area contributed by atoms with Gasteiger partial charge in [-0.2, -0.15) is 5.10 Å². The zero-order valence-electron chi connectivity index (χ0n) is 11.0.